The molecule has 1 aromatic carbocycles. The van der Waals surface area contributed by atoms with E-state index in [0.717, 1.165) is 50.0 Å². The molecule has 2 amide bonds. The second-order valence-corrected chi connectivity index (χ2v) is 9.85. The van der Waals surface area contributed by atoms with Crippen molar-refractivity contribution in [1.29, 1.82) is 0 Å². The molecule has 0 saturated carbocycles. The molecule has 4 heterocycles. The lowest BCUT2D eigenvalue weighted by atomic mass is 9.74. The number of ether oxygens (including phenoxy) is 3. The third-order valence-corrected chi connectivity index (χ3v) is 7.92. The number of rotatable bonds is 3. The first-order valence-electron chi connectivity index (χ1n) is 12.5. The van der Waals surface area contributed by atoms with Crippen molar-refractivity contribution in [2.45, 2.75) is 56.6 Å². The van der Waals surface area contributed by atoms with Crippen LogP contribution in [0.15, 0.2) is 18.2 Å². The first-order chi connectivity index (χ1) is 16.5. The van der Waals surface area contributed by atoms with Gasteiger partial charge in [0, 0.05) is 37.5 Å². The van der Waals surface area contributed by atoms with E-state index in [1.807, 2.05) is 6.92 Å². The second kappa shape index (κ2) is 9.70. The van der Waals surface area contributed by atoms with Gasteiger partial charge in [-0.05, 0) is 69.5 Å². The third kappa shape index (κ3) is 4.47. The number of likely N-dealkylation sites (tertiary alicyclic amines) is 2. The molecule has 186 valence electrons. The van der Waals surface area contributed by atoms with Crippen LogP contribution in [-0.2, 0) is 19.6 Å². The molecular weight excluding hydrogens is 441 g/mol. The SMILES string of the molecule is CCOC(=O)N1CCC(N2CCC3(CC2)CN(C(=O)O[C@H]2CCOC2)c2ccc(F)cc23)CC1. The number of piperidine rings is 2. The fraction of sp³-hybridized carbons (Fsp3) is 0.680. The summed E-state index contributed by atoms with van der Waals surface area (Å²) in [5, 5.41) is 0. The Morgan fingerprint density at radius 1 is 1.12 bits per heavy atom. The monoisotopic (exact) mass is 475 g/mol. The summed E-state index contributed by atoms with van der Waals surface area (Å²) >= 11 is 0. The van der Waals surface area contributed by atoms with Gasteiger partial charge in [-0.2, -0.15) is 0 Å². The fourth-order valence-electron chi connectivity index (χ4n) is 5.99. The van der Waals surface area contributed by atoms with E-state index in [0.29, 0.717) is 51.9 Å². The van der Waals surface area contributed by atoms with Gasteiger partial charge in [0.15, 0.2) is 0 Å². The van der Waals surface area contributed by atoms with Crippen LogP contribution in [0.25, 0.3) is 0 Å². The largest absolute Gasteiger partial charge is 0.450 e. The van der Waals surface area contributed by atoms with Gasteiger partial charge in [0.1, 0.15) is 11.9 Å². The standard InChI is InChI=1S/C25H34FN3O5/c1-2-33-23(30)28-10-5-19(6-11-28)27-12-8-25(9-13-27)17-29(22-4-3-18(26)15-21(22)25)24(31)34-20-7-14-32-16-20/h3-4,15,19-20H,2,5-14,16-17H2,1H3/t20-/m0/s1. The average molecular weight is 476 g/mol. The van der Waals surface area contributed by atoms with Crippen LogP contribution in [0, 0.1) is 5.82 Å². The Hall–Kier alpha value is -2.39. The van der Waals surface area contributed by atoms with E-state index in [1.54, 1.807) is 21.9 Å². The Morgan fingerprint density at radius 3 is 2.56 bits per heavy atom. The van der Waals surface area contributed by atoms with Crippen LogP contribution in [0.3, 0.4) is 0 Å². The van der Waals surface area contributed by atoms with E-state index in [-0.39, 0.29) is 29.5 Å². The summed E-state index contributed by atoms with van der Waals surface area (Å²) < 4.78 is 30.4. The zero-order valence-electron chi connectivity index (χ0n) is 19.8. The van der Waals surface area contributed by atoms with Crippen LogP contribution in [0.5, 0.6) is 0 Å². The van der Waals surface area contributed by atoms with Crippen molar-refractivity contribution >= 4 is 17.9 Å². The molecule has 0 bridgehead atoms. The summed E-state index contributed by atoms with van der Waals surface area (Å²) in [6.45, 7) is 6.99. The normalized spacial score (nSPS) is 24.9. The molecule has 0 aliphatic carbocycles. The maximum absolute atomic E-state index is 14.3. The first-order valence-corrected chi connectivity index (χ1v) is 12.5. The highest BCUT2D eigenvalue weighted by Crippen LogP contribution is 2.48. The van der Waals surface area contributed by atoms with E-state index < -0.39 is 0 Å². The fourth-order valence-corrected chi connectivity index (χ4v) is 5.99. The summed E-state index contributed by atoms with van der Waals surface area (Å²) in [5.41, 5.74) is 1.43. The van der Waals surface area contributed by atoms with Crippen molar-refractivity contribution < 1.29 is 28.2 Å². The van der Waals surface area contributed by atoms with Gasteiger partial charge in [0.2, 0.25) is 0 Å². The predicted octanol–water partition coefficient (Wildman–Crippen LogP) is 3.53. The van der Waals surface area contributed by atoms with E-state index >= 15 is 0 Å². The van der Waals surface area contributed by atoms with Crippen molar-refractivity contribution in [1.82, 2.24) is 9.80 Å². The molecule has 4 aliphatic rings. The molecule has 4 aliphatic heterocycles. The van der Waals surface area contributed by atoms with Gasteiger partial charge in [-0.3, -0.25) is 4.90 Å². The minimum absolute atomic E-state index is 0.213. The molecule has 1 spiro atoms. The van der Waals surface area contributed by atoms with Crippen molar-refractivity contribution in [2.24, 2.45) is 0 Å². The number of anilines is 1. The van der Waals surface area contributed by atoms with Gasteiger partial charge in [0.05, 0.1) is 25.5 Å². The van der Waals surface area contributed by atoms with Crippen molar-refractivity contribution in [3.8, 4) is 0 Å². The molecule has 0 aromatic heterocycles. The number of carbonyl (C=O) groups excluding carboxylic acids is 2. The summed E-state index contributed by atoms with van der Waals surface area (Å²) in [4.78, 5) is 31.0. The average Bonchev–Trinajstić information content (AvgIpc) is 3.46. The lowest BCUT2D eigenvalue weighted by Gasteiger charge is -2.45. The Balaban J connectivity index is 1.24. The molecule has 3 saturated heterocycles. The molecule has 9 heteroatoms. The highest BCUT2D eigenvalue weighted by Gasteiger charge is 2.48. The van der Waals surface area contributed by atoms with E-state index in [9.17, 15) is 14.0 Å². The molecule has 5 rings (SSSR count). The highest BCUT2D eigenvalue weighted by atomic mass is 19.1. The Morgan fingerprint density at radius 2 is 1.88 bits per heavy atom. The number of benzene rings is 1. The van der Waals surface area contributed by atoms with Crippen LogP contribution in [0.1, 0.15) is 44.6 Å². The predicted molar refractivity (Wildman–Crippen MR) is 124 cm³/mol. The van der Waals surface area contributed by atoms with Crippen LogP contribution < -0.4 is 4.90 Å². The lowest BCUT2D eigenvalue weighted by molar-refractivity contribution is 0.0571. The first kappa shape index (κ1) is 23.4. The zero-order valence-corrected chi connectivity index (χ0v) is 19.8. The van der Waals surface area contributed by atoms with E-state index in [4.69, 9.17) is 14.2 Å². The number of amides is 2. The number of nitrogens with zero attached hydrogens (tertiary/aromatic N) is 3. The van der Waals surface area contributed by atoms with E-state index in [2.05, 4.69) is 4.90 Å². The quantitative estimate of drug-likeness (QED) is 0.666. The Labute approximate surface area is 199 Å². The van der Waals surface area contributed by atoms with Crippen LogP contribution >= 0.6 is 0 Å². The number of hydrogen-bond donors (Lipinski definition) is 0. The number of halogens is 1. The van der Waals surface area contributed by atoms with Gasteiger partial charge in [-0.1, -0.05) is 0 Å². The number of carbonyl (C=O) groups is 2. The molecule has 3 fully saturated rings. The summed E-state index contributed by atoms with van der Waals surface area (Å²) in [6, 6.07) is 5.17. The summed E-state index contributed by atoms with van der Waals surface area (Å²) in [5.74, 6) is -0.272. The Bertz CT molecular complexity index is 906. The molecule has 0 unspecified atom stereocenters. The van der Waals surface area contributed by atoms with E-state index in [1.165, 1.54) is 6.07 Å². The minimum Gasteiger partial charge on any atom is -0.450 e. The number of fused-ring (bicyclic) bond motifs is 2. The maximum atomic E-state index is 14.3. The highest BCUT2D eigenvalue weighted by molar-refractivity contribution is 5.91. The van der Waals surface area contributed by atoms with Crippen LogP contribution in [0.4, 0.5) is 19.7 Å². The molecule has 0 radical (unpaired) electrons. The zero-order chi connectivity index (χ0) is 23.7. The molecule has 8 nitrogen and oxygen atoms in total. The molecular formula is C25H34FN3O5. The molecule has 1 aromatic rings. The van der Waals surface area contributed by atoms with Gasteiger partial charge in [0.25, 0.3) is 0 Å². The topological polar surface area (TPSA) is 71.6 Å². The summed E-state index contributed by atoms with van der Waals surface area (Å²) in [7, 11) is 0. The maximum Gasteiger partial charge on any atom is 0.414 e. The smallest absolute Gasteiger partial charge is 0.414 e. The molecule has 34 heavy (non-hydrogen) atoms. The van der Waals surface area contributed by atoms with Gasteiger partial charge in [-0.25, -0.2) is 14.0 Å². The third-order valence-electron chi connectivity index (χ3n) is 7.92. The van der Waals surface area contributed by atoms with Crippen LogP contribution in [-0.4, -0.2) is 86.7 Å². The van der Waals surface area contributed by atoms with Gasteiger partial charge >= 0.3 is 12.2 Å². The van der Waals surface area contributed by atoms with Gasteiger partial charge < -0.3 is 24.0 Å². The lowest BCUT2D eigenvalue weighted by Crippen LogP contribution is -2.52. The van der Waals surface area contributed by atoms with Crippen LogP contribution in [0.2, 0.25) is 0 Å². The molecule has 1 atom stereocenters. The second-order valence-electron chi connectivity index (χ2n) is 9.85. The Kier molecular flexibility index (Phi) is 6.66. The van der Waals surface area contributed by atoms with Crippen molar-refractivity contribution in [3.05, 3.63) is 29.6 Å². The number of hydrogen-bond acceptors (Lipinski definition) is 6. The van der Waals surface area contributed by atoms with Crippen molar-refractivity contribution in [3.63, 3.8) is 0 Å². The summed E-state index contributed by atoms with van der Waals surface area (Å²) in [6.07, 6.45) is 3.49. The molecule has 0 N–H and O–H groups in total. The van der Waals surface area contributed by atoms with Crippen molar-refractivity contribution in [2.75, 3.05) is 57.4 Å². The minimum atomic E-state index is -0.367. The van der Waals surface area contributed by atoms with Gasteiger partial charge in [-0.15, -0.1) is 0 Å².